The third kappa shape index (κ3) is 40.2. The summed E-state index contributed by atoms with van der Waals surface area (Å²) in [4.78, 5) is 58.7. The van der Waals surface area contributed by atoms with Gasteiger partial charge in [0.2, 0.25) is 0 Å². The minimum atomic E-state index is -0.654. The molecule has 0 spiro atoms. The molecule has 1 N–H and O–H groups in total. The zero-order valence-electron chi connectivity index (χ0n) is 33.3. The number of methoxy groups -OCH3 is 1. The summed E-state index contributed by atoms with van der Waals surface area (Å²) < 4.78 is 41.5. The average molecular weight is 777 g/mol. The number of carbonyl (C=O) groups excluding carboxylic acids is 5. The Hall–Kier alpha value is -2.97. The average Bonchev–Trinajstić information content (AvgIpc) is 3.16. The number of unbranched alkanes of at least 4 members (excludes halogenated alkanes) is 15. The lowest BCUT2D eigenvalue weighted by atomic mass is 10.2. The Morgan fingerprint density at radius 2 is 0.593 bits per heavy atom. The third-order valence-corrected chi connectivity index (χ3v) is 8.26. The van der Waals surface area contributed by atoms with Gasteiger partial charge >= 0.3 is 30.0 Å². The molecule has 0 saturated carbocycles. The zero-order valence-corrected chi connectivity index (χ0v) is 33.3. The molecule has 0 heterocycles. The Kier molecular flexibility index (Phi) is 38.9. The first kappa shape index (κ1) is 51.0. The van der Waals surface area contributed by atoms with Crippen LogP contribution in [0.25, 0.3) is 0 Å². The van der Waals surface area contributed by atoms with Crippen molar-refractivity contribution in [3.63, 3.8) is 0 Å². The molecule has 14 heteroatoms. The summed E-state index contributed by atoms with van der Waals surface area (Å²) in [7, 11) is 1.68. The van der Waals surface area contributed by atoms with Gasteiger partial charge in [-0.2, -0.15) is 0 Å². The van der Waals surface area contributed by atoms with E-state index in [4.69, 9.17) is 43.0 Å². The second-order valence-corrected chi connectivity index (χ2v) is 13.2. The van der Waals surface area contributed by atoms with Crippen LogP contribution in [0.5, 0.6) is 0 Å². The van der Waals surface area contributed by atoms with E-state index in [0.717, 1.165) is 122 Å². The highest BCUT2D eigenvalue weighted by molar-refractivity contribution is 5.78. The van der Waals surface area contributed by atoms with Gasteiger partial charge in [-0.3, -0.25) is 19.2 Å². The van der Waals surface area contributed by atoms with Crippen LogP contribution in [0, 0.1) is 0 Å². The molecule has 0 aromatic carbocycles. The number of carbonyl (C=O) groups is 5. The van der Waals surface area contributed by atoms with Crippen molar-refractivity contribution >= 4 is 30.0 Å². The van der Waals surface area contributed by atoms with Crippen molar-refractivity contribution in [1.29, 1.82) is 0 Å². The van der Waals surface area contributed by atoms with E-state index < -0.39 is 18.1 Å². The zero-order chi connectivity index (χ0) is 39.6. The molecule has 0 amide bonds. The molecule has 0 saturated heterocycles. The molecule has 54 heavy (non-hydrogen) atoms. The molecular weight excluding hydrogens is 704 g/mol. The monoisotopic (exact) mass is 776 g/mol. The highest BCUT2D eigenvalue weighted by Gasteiger charge is 2.10. The van der Waals surface area contributed by atoms with Crippen LogP contribution < -0.4 is 0 Å². The van der Waals surface area contributed by atoms with Crippen molar-refractivity contribution in [2.75, 3.05) is 73.2 Å². The summed E-state index contributed by atoms with van der Waals surface area (Å²) in [5.41, 5.74) is 0. The molecule has 0 aliphatic heterocycles. The first-order chi connectivity index (χ1) is 26.4. The Morgan fingerprint density at radius 1 is 0.333 bits per heavy atom. The molecule has 14 nitrogen and oxygen atoms in total. The van der Waals surface area contributed by atoms with E-state index in [1.54, 1.807) is 7.11 Å². The normalized spacial score (nSPS) is 10.9. The number of hydrogen-bond donors (Lipinski definition) is 1. The summed E-state index contributed by atoms with van der Waals surface area (Å²) in [5.74, 6) is -1.55. The van der Waals surface area contributed by atoms with E-state index in [-0.39, 0.29) is 57.4 Å². The van der Waals surface area contributed by atoms with Crippen LogP contribution in [0.1, 0.15) is 154 Å². The van der Waals surface area contributed by atoms with E-state index in [2.05, 4.69) is 0 Å². The van der Waals surface area contributed by atoms with Gasteiger partial charge in [-0.15, -0.1) is 0 Å². The van der Waals surface area contributed by atoms with Gasteiger partial charge in [-0.1, -0.05) is 25.7 Å². The van der Waals surface area contributed by atoms with Crippen molar-refractivity contribution in [1.82, 2.24) is 0 Å². The molecule has 316 valence electrons. The van der Waals surface area contributed by atoms with Gasteiger partial charge in [0.25, 0.3) is 0 Å². The van der Waals surface area contributed by atoms with Crippen molar-refractivity contribution in [3.8, 4) is 0 Å². The Bertz CT molecular complexity index is 913. The molecule has 0 fully saturated rings. The van der Waals surface area contributed by atoms with Gasteiger partial charge in [0, 0.05) is 33.5 Å². The predicted molar refractivity (Wildman–Crippen MR) is 202 cm³/mol. The first-order valence-electron chi connectivity index (χ1n) is 20.5. The molecule has 0 atom stereocenters. The van der Waals surface area contributed by atoms with Gasteiger partial charge in [-0.25, -0.2) is 4.79 Å². The standard InChI is InChI=1S/C40H72O14/c1-47-27-13-4-7-17-31-50-37(43)24-25-38(44)51-32-18-8-5-14-28-48-29-15-6-9-20-34-53-40(46)54-35-21-11-10-19-33-52-39(45)23-22-36(42)49-30-16-3-2-12-26-41/h41H,2-35H2,1H3. The molecule has 0 rings (SSSR count). The number of aliphatic hydroxyl groups excluding tert-OH is 1. The lowest BCUT2D eigenvalue weighted by Crippen LogP contribution is -2.11. The lowest BCUT2D eigenvalue weighted by Gasteiger charge is -2.07. The SMILES string of the molecule is COCCCCCCOC(=O)CCC(=O)OCCCCCCOCCCCCCOC(=O)OCCCCCCOC(=O)CCC(=O)OCCCCCCO. The van der Waals surface area contributed by atoms with Crippen LogP contribution in [0.3, 0.4) is 0 Å². The van der Waals surface area contributed by atoms with Crippen LogP contribution in [-0.2, 0) is 57.1 Å². The predicted octanol–water partition coefficient (Wildman–Crippen LogP) is 7.33. The summed E-state index contributed by atoms with van der Waals surface area (Å²) in [6.45, 7) is 4.29. The second-order valence-electron chi connectivity index (χ2n) is 13.2. The minimum absolute atomic E-state index is 0.00163. The van der Waals surface area contributed by atoms with E-state index in [9.17, 15) is 24.0 Å². The lowest BCUT2D eigenvalue weighted by molar-refractivity contribution is -0.150. The van der Waals surface area contributed by atoms with E-state index in [1.165, 1.54) is 0 Å². The minimum Gasteiger partial charge on any atom is -0.466 e. The number of rotatable bonds is 40. The summed E-state index contributed by atoms with van der Waals surface area (Å²) in [5, 5.41) is 8.73. The number of esters is 4. The van der Waals surface area contributed by atoms with Crippen LogP contribution in [0.15, 0.2) is 0 Å². The van der Waals surface area contributed by atoms with E-state index >= 15 is 0 Å². The molecule has 0 radical (unpaired) electrons. The number of ether oxygens (including phenoxy) is 8. The second kappa shape index (κ2) is 41.2. The Labute approximate surface area is 323 Å². The number of aliphatic hydroxyl groups is 1. The van der Waals surface area contributed by atoms with Crippen molar-refractivity contribution in [2.24, 2.45) is 0 Å². The fraction of sp³-hybridized carbons (Fsp3) is 0.875. The maximum atomic E-state index is 11.8. The van der Waals surface area contributed by atoms with Gasteiger partial charge in [0.15, 0.2) is 0 Å². The fourth-order valence-corrected chi connectivity index (χ4v) is 5.04. The molecule has 0 aliphatic carbocycles. The summed E-state index contributed by atoms with van der Waals surface area (Å²) in [6, 6.07) is 0. The van der Waals surface area contributed by atoms with E-state index in [0.29, 0.717) is 52.5 Å². The van der Waals surface area contributed by atoms with Crippen molar-refractivity contribution in [2.45, 2.75) is 154 Å². The van der Waals surface area contributed by atoms with Crippen LogP contribution >= 0.6 is 0 Å². The largest absolute Gasteiger partial charge is 0.508 e. The van der Waals surface area contributed by atoms with Crippen molar-refractivity contribution < 1.29 is 67.0 Å². The molecule has 0 aromatic heterocycles. The Balaban J connectivity index is 3.37. The highest BCUT2D eigenvalue weighted by atomic mass is 16.7. The van der Waals surface area contributed by atoms with Gasteiger partial charge < -0.3 is 43.0 Å². The van der Waals surface area contributed by atoms with Crippen molar-refractivity contribution in [3.05, 3.63) is 0 Å². The van der Waals surface area contributed by atoms with Gasteiger partial charge in [-0.05, 0) is 103 Å². The first-order valence-corrected chi connectivity index (χ1v) is 20.5. The third-order valence-electron chi connectivity index (χ3n) is 8.26. The molecule has 0 aromatic rings. The maximum Gasteiger partial charge on any atom is 0.508 e. The highest BCUT2D eigenvalue weighted by Crippen LogP contribution is 2.07. The van der Waals surface area contributed by atoms with Crippen LogP contribution in [0.4, 0.5) is 4.79 Å². The van der Waals surface area contributed by atoms with Crippen LogP contribution in [0.2, 0.25) is 0 Å². The summed E-state index contributed by atoms with van der Waals surface area (Å²) >= 11 is 0. The fourth-order valence-electron chi connectivity index (χ4n) is 5.04. The van der Waals surface area contributed by atoms with E-state index in [1.807, 2.05) is 0 Å². The molecule has 0 aliphatic rings. The van der Waals surface area contributed by atoms with Gasteiger partial charge in [0.05, 0.1) is 65.3 Å². The maximum absolute atomic E-state index is 11.8. The molecular formula is C40H72O14. The molecule has 0 unspecified atom stereocenters. The smallest absolute Gasteiger partial charge is 0.466 e. The summed E-state index contributed by atoms with van der Waals surface area (Å²) in [6.07, 6.45) is 17.0. The topological polar surface area (TPSA) is 179 Å². The number of hydrogen-bond acceptors (Lipinski definition) is 14. The molecule has 0 bridgehead atoms. The van der Waals surface area contributed by atoms with Gasteiger partial charge in [0.1, 0.15) is 0 Å². The van der Waals surface area contributed by atoms with Crippen LogP contribution in [-0.4, -0.2) is 108 Å². The quantitative estimate of drug-likeness (QED) is 0.0371. The Morgan fingerprint density at radius 3 is 0.889 bits per heavy atom.